The number of hydrogen-bond acceptors (Lipinski definition) is 4. The Morgan fingerprint density at radius 2 is 2.00 bits per heavy atom. The molecule has 8 heteroatoms. The number of methoxy groups -OCH3 is 1. The molecule has 0 radical (unpaired) electrons. The van der Waals surface area contributed by atoms with Crippen molar-refractivity contribution in [3.8, 4) is 17.3 Å². The van der Waals surface area contributed by atoms with E-state index in [0.29, 0.717) is 36.3 Å². The van der Waals surface area contributed by atoms with E-state index < -0.39 is 5.82 Å². The second kappa shape index (κ2) is 10.4. The second-order valence-electron chi connectivity index (χ2n) is 8.20. The highest BCUT2D eigenvalue weighted by atomic mass is 35.5. The zero-order chi connectivity index (χ0) is 23.4. The van der Waals surface area contributed by atoms with Crippen molar-refractivity contribution in [3.63, 3.8) is 0 Å². The molecule has 0 bridgehead atoms. The molecule has 0 aliphatic heterocycles. The molecular formula is C25H27ClFN3O3. The molecule has 1 heterocycles. The van der Waals surface area contributed by atoms with Crippen molar-refractivity contribution < 1.29 is 18.7 Å². The monoisotopic (exact) mass is 471 g/mol. The van der Waals surface area contributed by atoms with E-state index in [1.807, 2.05) is 24.0 Å². The average molecular weight is 472 g/mol. The summed E-state index contributed by atoms with van der Waals surface area (Å²) in [6, 6.07) is 13.2. The van der Waals surface area contributed by atoms with Gasteiger partial charge in [0.2, 0.25) is 11.8 Å². The Labute approximate surface area is 197 Å². The Bertz CT molecular complexity index is 1110. The highest BCUT2D eigenvalue weighted by molar-refractivity contribution is 6.30. The number of aromatic nitrogens is 2. The van der Waals surface area contributed by atoms with Gasteiger partial charge in [0, 0.05) is 30.7 Å². The van der Waals surface area contributed by atoms with Crippen LogP contribution in [0.2, 0.25) is 5.02 Å². The zero-order valence-corrected chi connectivity index (χ0v) is 19.5. The highest BCUT2D eigenvalue weighted by Gasteiger charge is 2.31. The summed E-state index contributed by atoms with van der Waals surface area (Å²) in [5, 5.41) is 5.29. The van der Waals surface area contributed by atoms with Crippen molar-refractivity contribution in [2.45, 2.75) is 32.7 Å². The average Bonchev–Trinajstić information content (AvgIpc) is 3.05. The Balaban J connectivity index is 1.73. The molecule has 4 rings (SSSR count). The van der Waals surface area contributed by atoms with Gasteiger partial charge in [-0.15, -0.1) is 0 Å². The van der Waals surface area contributed by atoms with Crippen LogP contribution in [0.4, 0.5) is 4.39 Å². The maximum Gasteiger partial charge on any atom is 0.227 e. The molecule has 0 spiro atoms. The van der Waals surface area contributed by atoms with Crippen LogP contribution in [-0.2, 0) is 16.1 Å². The minimum Gasteiger partial charge on any atom is -0.438 e. The van der Waals surface area contributed by atoms with Gasteiger partial charge in [-0.05, 0) is 56.2 Å². The molecule has 0 atom stereocenters. The molecule has 0 saturated heterocycles. The number of amides is 1. The largest absolute Gasteiger partial charge is 0.438 e. The van der Waals surface area contributed by atoms with Gasteiger partial charge in [-0.3, -0.25) is 4.79 Å². The van der Waals surface area contributed by atoms with Gasteiger partial charge in [-0.2, -0.15) is 5.10 Å². The van der Waals surface area contributed by atoms with Crippen molar-refractivity contribution in [1.29, 1.82) is 0 Å². The molecule has 33 heavy (non-hydrogen) atoms. The molecule has 2 aromatic carbocycles. The number of carbonyl (C=O) groups is 1. The summed E-state index contributed by atoms with van der Waals surface area (Å²) in [5.74, 6) is 0.560. The quantitative estimate of drug-likeness (QED) is 0.411. The maximum atomic E-state index is 13.8. The third kappa shape index (κ3) is 5.37. The summed E-state index contributed by atoms with van der Waals surface area (Å²) < 4.78 is 26.9. The first-order chi connectivity index (χ1) is 16.0. The van der Waals surface area contributed by atoms with Gasteiger partial charge in [0.25, 0.3) is 0 Å². The van der Waals surface area contributed by atoms with Crippen LogP contribution in [0.1, 0.15) is 30.5 Å². The first-order valence-corrected chi connectivity index (χ1v) is 11.4. The third-order valence-corrected chi connectivity index (χ3v) is 6.15. The van der Waals surface area contributed by atoms with Crippen molar-refractivity contribution >= 4 is 17.5 Å². The number of rotatable bonds is 9. The van der Waals surface area contributed by atoms with Crippen molar-refractivity contribution in [3.05, 3.63) is 70.6 Å². The van der Waals surface area contributed by atoms with E-state index in [4.69, 9.17) is 21.1 Å². The number of hydrogen-bond donors (Lipinski definition) is 0. The first kappa shape index (κ1) is 23.3. The molecule has 1 saturated carbocycles. The van der Waals surface area contributed by atoms with Crippen molar-refractivity contribution in [2.75, 3.05) is 20.3 Å². The second-order valence-corrected chi connectivity index (χ2v) is 8.63. The lowest BCUT2D eigenvalue weighted by Gasteiger charge is -2.31. The van der Waals surface area contributed by atoms with Crippen LogP contribution in [-0.4, -0.2) is 40.8 Å². The Morgan fingerprint density at radius 1 is 1.24 bits per heavy atom. The van der Waals surface area contributed by atoms with Gasteiger partial charge in [0.05, 0.1) is 30.1 Å². The maximum absolute atomic E-state index is 13.8. The van der Waals surface area contributed by atoms with Crippen LogP contribution in [0.15, 0.2) is 48.5 Å². The molecule has 1 aliphatic carbocycles. The number of nitrogens with zero attached hydrogens (tertiary/aromatic N) is 3. The van der Waals surface area contributed by atoms with Gasteiger partial charge in [-0.1, -0.05) is 24.1 Å². The van der Waals surface area contributed by atoms with Gasteiger partial charge in [0.1, 0.15) is 11.6 Å². The molecule has 1 amide bonds. The molecule has 0 unspecified atom stereocenters. The van der Waals surface area contributed by atoms with Crippen LogP contribution < -0.4 is 4.74 Å². The molecular weight excluding hydrogens is 445 g/mol. The number of halogens is 2. The molecule has 3 aromatic rings. The Kier molecular flexibility index (Phi) is 7.30. The van der Waals surface area contributed by atoms with E-state index in [1.165, 1.54) is 12.1 Å². The van der Waals surface area contributed by atoms with E-state index in [9.17, 15) is 9.18 Å². The molecule has 1 aromatic heterocycles. The molecule has 174 valence electrons. The minimum absolute atomic E-state index is 0.0565. The summed E-state index contributed by atoms with van der Waals surface area (Å²) in [6.45, 7) is 3.10. The van der Waals surface area contributed by atoms with Gasteiger partial charge in [-0.25, -0.2) is 9.07 Å². The fraction of sp³-hybridized carbons (Fsp3) is 0.360. The predicted octanol–water partition coefficient (Wildman–Crippen LogP) is 5.54. The lowest BCUT2D eigenvalue weighted by molar-refractivity contribution is -0.139. The van der Waals surface area contributed by atoms with Crippen molar-refractivity contribution in [2.24, 2.45) is 5.92 Å². The zero-order valence-electron chi connectivity index (χ0n) is 18.8. The predicted molar refractivity (Wildman–Crippen MR) is 124 cm³/mol. The van der Waals surface area contributed by atoms with Gasteiger partial charge in [0.15, 0.2) is 0 Å². The molecule has 6 nitrogen and oxygen atoms in total. The van der Waals surface area contributed by atoms with Crippen LogP contribution in [0, 0.1) is 18.7 Å². The SMILES string of the molecule is COCCN(Cc1c(C)nn(-c2ccc(Cl)cc2)c1Oc1cccc(F)c1)C(=O)C1CCC1. The number of aryl methyl sites for hydroxylation is 1. The number of carbonyl (C=O) groups excluding carboxylic acids is 1. The Morgan fingerprint density at radius 3 is 2.64 bits per heavy atom. The Hall–Kier alpha value is -2.90. The summed E-state index contributed by atoms with van der Waals surface area (Å²) in [7, 11) is 1.62. The van der Waals surface area contributed by atoms with Crippen LogP contribution >= 0.6 is 11.6 Å². The van der Waals surface area contributed by atoms with E-state index in [2.05, 4.69) is 5.10 Å². The van der Waals surface area contributed by atoms with E-state index >= 15 is 0 Å². The summed E-state index contributed by atoms with van der Waals surface area (Å²) in [5.41, 5.74) is 2.23. The van der Waals surface area contributed by atoms with E-state index in [-0.39, 0.29) is 11.8 Å². The molecule has 0 N–H and O–H groups in total. The van der Waals surface area contributed by atoms with Crippen LogP contribution in [0.5, 0.6) is 11.6 Å². The molecule has 1 aliphatic rings. The topological polar surface area (TPSA) is 56.6 Å². The van der Waals surface area contributed by atoms with Crippen molar-refractivity contribution in [1.82, 2.24) is 14.7 Å². The fourth-order valence-corrected chi connectivity index (χ4v) is 3.92. The minimum atomic E-state index is -0.398. The lowest BCUT2D eigenvalue weighted by Crippen LogP contribution is -2.40. The van der Waals surface area contributed by atoms with Gasteiger partial charge >= 0.3 is 0 Å². The lowest BCUT2D eigenvalue weighted by atomic mass is 9.84. The normalized spacial score (nSPS) is 13.6. The van der Waals surface area contributed by atoms with Crippen LogP contribution in [0.25, 0.3) is 5.69 Å². The standard InChI is InChI=1S/C25H27ClFN3O3/c1-17-23(16-29(13-14-32-2)24(31)18-5-3-6-18)25(33-22-8-4-7-20(27)15-22)30(28-17)21-11-9-19(26)10-12-21/h4,7-12,15,18H,3,5-6,13-14,16H2,1-2H3. The number of benzene rings is 2. The summed E-state index contributed by atoms with van der Waals surface area (Å²) in [6.07, 6.45) is 2.91. The fourth-order valence-electron chi connectivity index (χ4n) is 3.80. The smallest absolute Gasteiger partial charge is 0.227 e. The molecule has 1 fully saturated rings. The summed E-state index contributed by atoms with van der Waals surface area (Å²) in [4.78, 5) is 14.9. The van der Waals surface area contributed by atoms with Gasteiger partial charge < -0.3 is 14.4 Å². The number of ether oxygens (including phenoxy) is 2. The first-order valence-electron chi connectivity index (χ1n) is 11.0. The van der Waals surface area contributed by atoms with E-state index in [1.54, 1.807) is 36.1 Å². The summed E-state index contributed by atoms with van der Waals surface area (Å²) >= 11 is 6.07. The highest BCUT2D eigenvalue weighted by Crippen LogP contribution is 2.34. The van der Waals surface area contributed by atoms with Crippen LogP contribution in [0.3, 0.4) is 0 Å². The van der Waals surface area contributed by atoms with E-state index in [0.717, 1.165) is 36.2 Å². The third-order valence-electron chi connectivity index (χ3n) is 5.90.